The highest BCUT2D eigenvalue weighted by atomic mass is 19.1. The summed E-state index contributed by atoms with van der Waals surface area (Å²) in [5, 5.41) is 11.2. The number of rotatable bonds is 7. The van der Waals surface area contributed by atoms with E-state index in [1.54, 1.807) is 48.8 Å². The molecule has 0 saturated carbocycles. The van der Waals surface area contributed by atoms with Gasteiger partial charge in [-0.2, -0.15) is 0 Å². The summed E-state index contributed by atoms with van der Waals surface area (Å²) in [4.78, 5) is 31.6. The van der Waals surface area contributed by atoms with Gasteiger partial charge in [0.25, 0.3) is 11.7 Å². The second-order valence-corrected chi connectivity index (χ2v) is 7.92. The number of benzene rings is 2. The molecule has 4 rings (SSSR count). The lowest BCUT2D eigenvalue weighted by molar-refractivity contribution is -0.140. The average molecular weight is 458 g/mol. The molecular weight excluding hydrogens is 435 g/mol. The lowest BCUT2D eigenvalue weighted by atomic mass is 9.94. The highest BCUT2D eigenvalue weighted by Crippen LogP contribution is 2.40. The number of amides is 1. The number of aryl methyl sites for hydroxylation is 1. The van der Waals surface area contributed by atoms with E-state index >= 15 is 0 Å². The normalized spacial score (nSPS) is 17.1. The summed E-state index contributed by atoms with van der Waals surface area (Å²) in [5.41, 5.74) is 2.29. The number of ketones is 1. The van der Waals surface area contributed by atoms with E-state index in [2.05, 4.69) is 11.6 Å². The Morgan fingerprint density at radius 2 is 1.97 bits per heavy atom. The fraction of sp³-hybridized carbons (Fsp3) is 0.148. The van der Waals surface area contributed by atoms with Crippen molar-refractivity contribution in [1.82, 2.24) is 9.88 Å². The molecule has 6 nitrogen and oxygen atoms in total. The van der Waals surface area contributed by atoms with Crippen LogP contribution in [0.3, 0.4) is 0 Å². The quantitative estimate of drug-likeness (QED) is 0.240. The molecule has 172 valence electrons. The van der Waals surface area contributed by atoms with Crippen LogP contribution >= 0.6 is 0 Å². The molecule has 34 heavy (non-hydrogen) atoms. The van der Waals surface area contributed by atoms with Gasteiger partial charge in [-0.1, -0.05) is 30.9 Å². The number of aromatic nitrogens is 1. The molecule has 1 fully saturated rings. The smallest absolute Gasteiger partial charge is 0.295 e. The Morgan fingerprint density at radius 1 is 1.21 bits per heavy atom. The van der Waals surface area contributed by atoms with Gasteiger partial charge in [-0.25, -0.2) is 4.39 Å². The highest BCUT2D eigenvalue weighted by Gasteiger charge is 2.46. The van der Waals surface area contributed by atoms with Gasteiger partial charge < -0.3 is 14.7 Å². The minimum atomic E-state index is -0.891. The Bertz CT molecular complexity index is 1270. The average Bonchev–Trinajstić information content (AvgIpc) is 3.09. The molecule has 2 aromatic carbocycles. The maximum atomic E-state index is 13.6. The number of hydrogen-bond donors (Lipinski definition) is 1. The first-order valence-electron chi connectivity index (χ1n) is 10.7. The van der Waals surface area contributed by atoms with Crippen LogP contribution in [0.25, 0.3) is 5.76 Å². The molecule has 7 heteroatoms. The van der Waals surface area contributed by atoms with Crippen molar-refractivity contribution in [3.8, 4) is 5.75 Å². The number of aliphatic hydroxyl groups excluding tert-OH is 1. The second kappa shape index (κ2) is 9.70. The summed E-state index contributed by atoms with van der Waals surface area (Å²) < 4.78 is 19.2. The molecule has 0 aliphatic carbocycles. The van der Waals surface area contributed by atoms with Crippen molar-refractivity contribution < 1.29 is 23.8 Å². The molecule has 1 saturated heterocycles. The molecule has 1 unspecified atom stereocenters. The first-order valence-corrected chi connectivity index (χ1v) is 10.7. The largest absolute Gasteiger partial charge is 0.507 e. The van der Waals surface area contributed by atoms with E-state index in [9.17, 15) is 19.1 Å². The number of pyridine rings is 1. The predicted molar refractivity (Wildman–Crippen MR) is 125 cm³/mol. The fourth-order valence-corrected chi connectivity index (χ4v) is 3.99. The van der Waals surface area contributed by atoms with Gasteiger partial charge in [0, 0.05) is 24.5 Å². The van der Waals surface area contributed by atoms with Gasteiger partial charge in [-0.3, -0.25) is 14.6 Å². The molecule has 1 amide bonds. The Balaban J connectivity index is 1.81. The molecule has 0 spiro atoms. The zero-order valence-corrected chi connectivity index (χ0v) is 18.6. The Labute approximate surface area is 196 Å². The number of aliphatic hydroxyl groups is 1. The van der Waals surface area contributed by atoms with Crippen LogP contribution in [0.2, 0.25) is 0 Å². The van der Waals surface area contributed by atoms with Gasteiger partial charge in [0.2, 0.25) is 0 Å². The van der Waals surface area contributed by atoms with Crippen molar-refractivity contribution in [3.63, 3.8) is 0 Å². The molecule has 0 radical (unpaired) electrons. The van der Waals surface area contributed by atoms with E-state index in [0.29, 0.717) is 23.5 Å². The number of carbonyl (C=O) groups excluding carboxylic acids is 2. The predicted octanol–water partition coefficient (Wildman–Crippen LogP) is 4.72. The van der Waals surface area contributed by atoms with Crippen molar-refractivity contribution >= 4 is 17.4 Å². The maximum absolute atomic E-state index is 13.6. The molecule has 1 aliphatic rings. The number of carbonyl (C=O) groups is 2. The van der Waals surface area contributed by atoms with Crippen molar-refractivity contribution in [2.24, 2.45) is 0 Å². The first kappa shape index (κ1) is 22.9. The van der Waals surface area contributed by atoms with Crippen molar-refractivity contribution in [1.29, 1.82) is 0 Å². The summed E-state index contributed by atoms with van der Waals surface area (Å²) in [6.07, 6.45) is 4.84. The molecule has 2 heterocycles. The van der Waals surface area contributed by atoms with E-state index in [-0.39, 0.29) is 17.9 Å². The number of ether oxygens (including phenoxy) is 1. The molecule has 0 bridgehead atoms. The van der Waals surface area contributed by atoms with E-state index in [1.165, 1.54) is 29.2 Å². The molecule has 1 N–H and O–H groups in total. The highest BCUT2D eigenvalue weighted by molar-refractivity contribution is 6.46. The third-order valence-corrected chi connectivity index (χ3v) is 5.61. The number of likely N-dealkylation sites (tertiary alicyclic amines) is 1. The van der Waals surface area contributed by atoms with Gasteiger partial charge in [0.15, 0.2) is 0 Å². The van der Waals surface area contributed by atoms with E-state index < -0.39 is 23.5 Å². The molecule has 1 aliphatic heterocycles. The van der Waals surface area contributed by atoms with E-state index in [1.807, 2.05) is 6.92 Å². The Morgan fingerprint density at radius 3 is 2.62 bits per heavy atom. The Kier molecular flexibility index (Phi) is 6.54. The number of Topliss-reactive ketones (excluding diaryl/α,β-unsaturated/α-hetero) is 1. The third kappa shape index (κ3) is 4.45. The van der Waals surface area contributed by atoms with Gasteiger partial charge >= 0.3 is 0 Å². The summed E-state index contributed by atoms with van der Waals surface area (Å²) in [6, 6.07) is 13.2. The second-order valence-electron chi connectivity index (χ2n) is 7.92. The molecule has 3 aromatic rings. The minimum absolute atomic E-state index is 0.0559. The van der Waals surface area contributed by atoms with E-state index in [0.717, 1.165) is 11.1 Å². The summed E-state index contributed by atoms with van der Waals surface area (Å²) in [5.74, 6) is -1.69. The maximum Gasteiger partial charge on any atom is 0.295 e. The van der Waals surface area contributed by atoms with Crippen LogP contribution in [0.4, 0.5) is 4.39 Å². The van der Waals surface area contributed by atoms with Crippen LogP contribution in [0.1, 0.15) is 28.3 Å². The van der Waals surface area contributed by atoms with Crippen LogP contribution in [0, 0.1) is 12.7 Å². The van der Waals surface area contributed by atoms with Gasteiger partial charge in [0.1, 0.15) is 23.9 Å². The molecular formula is C27H23FN2O4. The SMILES string of the molecule is C=CCOc1ccc(/C(O)=C2\C(=O)C(=O)N(Cc3cccnc3)C2c2ccc(F)cc2)cc1C. The zero-order chi connectivity index (χ0) is 24.2. The first-order chi connectivity index (χ1) is 16.4. The third-order valence-electron chi connectivity index (χ3n) is 5.61. The van der Waals surface area contributed by atoms with Crippen LogP contribution in [-0.4, -0.2) is 33.3 Å². The van der Waals surface area contributed by atoms with Crippen LogP contribution in [0.5, 0.6) is 5.75 Å². The molecule has 1 aromatic heterocycles. The lowest BCUT2D eigenvalue weighted by Gasteiger charge is -2.25. The number of halogens is 1. The minimum Gasteiger partial charge on any atom is -0.507 e. The lowest BCUT2D eigenvalue weighted by Crippen LogP contribution is -2.29. The number of nitrogens with zero attached hydrogens (tertiary/aromatic N) is 2. The van der Waals surface area contributed by atoms with Crippen LogP contribution in [-0.2, 0) is 16.1 Å². The summed E-state index contributed by atoms with van der Waals surface area (Å²) >= 11 is 0. The number of hydrogen-bond acceptors (Lipinski definition) is 5. The zero-order valence-electron chi connectivity index (χ0n) is 18.6. The fourth-order valence-electron chi connectivity index (χ4n) is 3.99. The van der Waals surface area contributed by atoms with Crippen molar-refractivity contribution in [3.05, 3.63) is 113 Å². The monoisotopic (exact) mass is 458 g/mol. The topological polar surface area (TPSA) is 79.7 Å². The molecule has 1 atom stereocenters. The summed E-state index contributed by atoms with van der Waals surface area (Å²) in [7, 11) is 0. The summed E-state index contributed by atoms with van der Waals surface area (Å²) in [6.45, 7) is 5.87. The van der Waals surface area contributed by atoms with E-state index in [4.69, 9.17) is 4.74 Å². The van der Waals surface area contributed by atoms with Crippen LogP contribution in [0.15, 0.2) is 85.2 Å². The standard InChI is InChI=1S/C27H23FN2O4/c1-3-13-34-22-11-8-20(14-17(22)2)25(31)23-24(19-6-9-21(28)10-7-19)30(27(33)26(23)32)16-18-5-4-12-29-15-18/h3-12,14-15,24,31H,1,13,16H2,2H3/b25-23+. The van der Waals surface area contributed by atoms with Gasteiger partial charge in [0.05, 0.1) is 11.6 Å². The van der Waals surface area contributed by atoms with Gasteiger partial charge in [-0.15, -0.1) is 0 Å². The Hall–Kier alpha value is -4.26. The van der Waals surface area contributed by atoms with Crippen molar-refractivity contribution in [2.45, 2.75) is 19.5 Å². The van der Waals surface area contributed by atoms with Gasteiger partial charge in [-0.05, 0) is 60.0 Å². The van der Waals surface area contributed by atoms with Crippen LogP contribution < -0.4 is 4.74 Å². The van der Waals surface area contributed by atoms with Crippen molar-refractivity contribution in [2.75, 3.05) is 6.61 Å².